The van der Waals surface area contributed by atoms with Gasteiger partial charge in [-0.1, -0.05) is 18.2 Å². The molecule has 0 amide bonds. The summed E-state index contributed by atoms with van der Waals surface area (Å²) >= 11 is 0. The van der Waals surface area contributed by atoms with Crippen molar-refractivity contribution in [3.63, 3.8) is 0 Å². The Morgan fingerprint density at radius 1 is 1.28 bits per heavy atom. The van der Waals surface area contributed by atoms with Crippen molar-refractivity contribution in [3.8, 4) is 0 Å². The molecule has 0 radical (unpaired) electrons. The zero-order valence-electron chi connectivity index (χ0n) is 9.69. The molecule has 1 unspecified atom stereocenters. The summed E-state index contributed by atoms with van der Waals surface area (Å²) in [7, 11) is -3.67. The van der Waals surface area contributed by atoms with Gasteiger partial charge < -0.3 is 5.11 Å². The highest BCUT2D eigenvalue weighted by atomic mass is 32.2. The molecule has 0 aliphatic carbocycles. The van der Waals surface area contributed by atoms with Crippen LogP contribution in [0.5, 0.6) is 0 Å². The van der Waals surface area contributed by atoms with Gasteiger partial charge in [0.1, 0.15) is 11.1 Å². The van der Waals surface area contributed by atoms with E-state index in [0.717, 1.165) is 9.69 Å². The Bertz CT molecular complexity index is 701. The molecule has 5 nitrogen and oxygen atoms in total. The van der Waals surface area contributed by atoms with Crippen molar-refractivity contribution in [3.05, 3.63) is 36.5 Å². The first-order chi connectivity index (χ1) is 8.53. The minimum atomic E-state index is -3.67. The van der Waals surface area contributed by atoms with E-state index in [4.69, 9.17) is 0 Å². The summed E-state index contributed by atoms with van der Waals surface area (Å²) in [6, 6.07) is 8.20. The fourth-order valence-electron chi connectivity index (χ4n) is 2.07. The molecule has 0 saturated carbocycles. The topological polar surface area (TPSA) is 70.3 Å². The van der Waals surface area contributed by atoms with Crippen LogP contribution in [0.2, 0.25) is 0 Å². The summed E-state index contributed by atoms with van der Waals surface area (Å²) in [5.41, 5.74) is 0.436. The van der Waals surface area contributed by atoms with Gasteiger partial charge in [0.2, 0.25) is 10.0 Å². The normalized spacial score (nSPS) is 27.3. The molecule has 2 heterocycles. The highest BCUT2D eigenvalue weighted by Crippen LogP contribution is 2.35. The number of aliphatic hydroxyl groups excluding tert-OH is 1. The second-order valence-corrected chi connectivity index (χ2v) is 6.13. The van der Waals surface area contributed by atoms with Gasteiger partial charge in [-0.25, -0.2) is 8.42 Å². The van der Waals surface area contributed by atoms with Crippen LogP contribution >= 0.6 is 0 Å². The van der Waals surface area contributed by atoms with Crippen LogP contribution in [0.1, 0.15) is 6.92 Å². The van der Waals surface area contributed by atoms with Crippen LogP contribution in [0.25, 0.3) is 10.9 Å². The molecule has 3 atom stereocenters. The van der Waals surface area contributed by atoms with Crippen LogP contribution in [-0.4, -0.2) is 35.1 Å². The maximum Gasteiger partial charge on any atom is 0.247 e. The molecule has 1 aliphatic heterocycles. The van der Waals surface area contributed by atoms with E-state index in [1.807, 2.05) is 12.1 Å². The van der Waals surface area contributed by atoms with Crippen molar-refractivity contribution >= 4 is 20.9 Å². The number of hydrogen-bond donors (Lipinski definition) is 1. The summed E-state index contributed by atoms with van der Waals surface area (Å²) in [6.45, 7) is 1.67. The molecule has 1 N–H and O–H groups in total. The lowest BCUT2D eigenvalue weighted by molar-refractivity contribution is 0.241. The average molecular weight is 264 g/mol. The predicted octanol–water partition coefficient (Wildman–Crippen LogP) is 0.946. The Balaban J connectivity index is 2.21. The molecule has 1 aromatic heterocycles. The molecule has 1 aliphatic rings. The van der Waals surface area contributed by atoms with Crippen molar-refractivity contribution in [2.24, 2.45) is 0 Å². The van der Waals surface area contributed by atoms with E-state index in [1.165, 1.54) is 6.07 Å². The third-order valence-corrected chi connectivity index (χ3v) is 5.14. The highest BCUT2D eigenvalue weighted by molar-refractivity contribution is 7.89. The van der Waals surface area contributed by atoms with E-state index in [1.54, 1.807) is 25.3 Å². The molecule has 94 valence electrons. The first-order valence-corrected chi connectivity index (χ1v) is 7.03. The molecule has 18 heavy (non-hydrogen) atoms. The maximum absolute atomic E-state index is 12.4. The smallest absolute Gasteiger partial charge is 0.247 e. The minimum Gasteiger partial charge on any atom is -0.376 e. The number of aliphatic hydroxyl groups is 1. The predicted molar refractivity (Wildman–Crippen MR) is 66.2 cm³/mol. The summed E-state index contributed by atoms with van der Waals surface area (Å²) < 4.78 is 25.8. The van der Waals surface area contributed by atoms with Crippen LogP contribution in [0.4, 0.5) is 0 Å². The van der Waals surface area contributed by atoms with Gasteiger partial charge in [-0.3, -0.25) is 4.98 Å². The Hall–Kier alpha value is -1.50. The van der Waals surface area contributed by atoms with Crippen LogP contribution < -0.4 is 0 Å². The Morgan fingerprint density at radius 2 is 1.94 bits per heavy atom. The molecular formula is C12H12N2O3S. The van der Waals surface area contributed by atoms with Crippen molar-refractivity contribution in [2.75, 3.05) is 0 Å². The molecular weight excluding hydrogens is 252 g/mol. The van der Waals surface area contributed by atoms with E-state index in [0.29, 0.717) is 5.52 Å². The molecule has 3 rings (SSSR count). The SMILES string of the molecule is C[C@@H]1[C@@H](O)N1S(=O)(=O)c1cccc2cccnc12. The molecule has 6 heteroatoms. The third kappa shape index (κ3) is 1.53. The lowest BCUT2D eigenvalue weighted by Gasteiger charge is -2.07. The lowest BCUT2D eigenvalue weighted by Crippen LogP contribution is -2.16. The van der Waals surface area contributed by atoms with Gasteiger partial charge in [0, 0.05) is 11.6 Å². The van der Waals surface area contributed by atoms with Crippen molar-refractivity contribution in [2.45, 2.75) is 24.1 Å². The first-order valence-electron chi connectivity index (χ1n) is 5.59. The van der Waals surface area contributed by atoms with E-state index in [9.17, 15) is 13.5 Å². The van der Waals surface area contributed by atoms with Crippen molar-refractivity contribution < 1.29 is 13.5 Å². The average Bonchev–Trinajstić information content (AvgIpc) is 2.97. The number of sulfonamides is 1. The van der Waals surface area contributed by atoms with Gasteiger partial charge in [0.25, 0.3) is 0 Å². The number of nitrogens with zero attached hydrogens (tertiary/aromatic N) is 2. The Morgan fingerprint density at radius 3 is 2.61 bits per heavy atom. The second kappa shape index (κ2) is 3.74. The minimum absolute atomic E-state index is 0.143. The van der Waals surface area contributed by atoms with Gasteiger partial charge in [0.15, 0.2) is 0 Å². The number of rotatable bonds is 2. The van der Waals surface area contributed by atoms with E-state index in [-0.39, 0.29) is 10.9 Å². The quantitative estimate of drug-likeness (QED) is 0.820. The van der Waals surface area contributed by atoms with E-state index >= 15 is 0 Å². The maximum atomic E-state index is 12.4. The van der Waals surface area contributed by atoms with Gasteiger partial charge in [0.05, 0.1) is 11.6 Å². The number of benzene rings is 1. The molecule has 1 saturated heterocycles. The fourth-order valence-corrected chi connectivity index (χ4v) is 3.91. The molecule has 1 aromatic carbocycles. The van der Waals surface area contributed by atoms with Gasteiger partial charge in [-0.05, 0) is 19.1 Å². The Kier molecular flexibility index (Phi) is 2.41. The molecule has 0 bridgehead atoms. The third-order valence-electron chi connectivity index (χ3n) is 3.16. The summed E-state index contributed by atoms with van der Waals surface area (Å²) in [5.74, 6) is 0. The summed E-state index contributed by atoms with van der Waals surface area (Å²) in [6.07, 6.45) is 0.637. The van der Waals surface area contributed by atoms with E-state index in [2.05, 4.69) is 4.98 Å². The first kappa shape index (κ1) is 11.6. The van der Waals surface area contributed by atoms with Crippen LogP contribution in [0.15, 0.2) is 41.4 Å². The molecule has 0 spiro atoms. The summed E-state index contributed by atoms with van der Waals surface area (Å²) in [5, 5.41) is 10.3. The Labute approximate surface area is 105 Å². The lowest BCUT2D eigenvalue weighted by atomic mass is 10.2. The fraction of sp³-hybridized carbons (Fsp3) is 0.250. The van der Waals surface area contributed by atoms with Crippen LogP contribution in [-0.2, 0) is 10.0 Å². The van der Waals surface area contributed by atoms with Crippen molar-refractivity contribution in [1.29, 1.82) is 0 Å². The van der Waals surface area contributed by atoms with Gasteiger partial charge in [-0.15, -0.1) is 0 Å². The van der Waals surface area contributed by atoms with Gasteiger partial charge >= 0.3 is 0 Å². The van der Waals surface area contributed by atoms with Crippen molar-refractivity contribution in [1.82, 2.24) is 9.29 Å². The van der Waals surface area contributed by atoms with Gasteiger partial charge in [-0.2, -0.15) is 4.31 Å². The highest BCUT2D eigenvalue weighted by Gasteiger charge is 2.52. The van der Waals surface area contributed by atoms with E-state index < -0.39 is 16.3 Å². The number of aromatic nitrogens is 1. The number of hydrogen-bond acceptors (Lipinski definition) is 4. The standard InChI is InChI=1S/C12H12N2O3S/c1-8-12(15)14(8)18(16,17)10-6-2-4-9-5-3-7-13-11(9)10/h2-8,12,15H,1H3/t8-,12-,14?/m1/s1. The summed E-state index contributed by atoms with van der Waals surface area (Å²) in [4.78, 5) is 4.26. The second-order valence-electron chi connectivity index (χ2n) is 4.32. The number of para-hydroxylation sites is 1. The zero-order valence-corrected chi connectivity index (χ0v) is 10.5. The monoisotopic (exact) mass is 264 g/mol. The van der Waals surface area contributed by atoms with Crippen LogP contribution in [0.3, 0.4) is 0 Å². The molecule has 1 fully saturated rings. The number of pyridine rings is 1. The van der Waals surface area contributed by atoms with Crippen LogP contribution in [0, 0.1) is 0 Å². The number of fused-ring (bicyclic) bond motifs is 1. The molecule has 2 aromatic rings. The zero-order chi connectivity index (χ0) is 12.9. The largest absolute Gasteiger partial charge is 0.376 e.